The second-order valence-corrected chi connectivity index (χ2v) is 17.9. The Hall–Kier alpha value is -6.05. The van der Waals surface area contributed by atoms with Crippen molar-refractivity contribution in [2.75, 3.05) is 23.4 Å². The summed E-state index contributed by atoms with van der Waals surface area (Å²) in [6.07, 6.45) is -1.04. The van der Waals surface area contributed by atoms with Gasteiger partial charge in [0.05, 0.1) is 26.2 Å². The smallest absolute Gasteiger partial charge is 0.425 e. The molecule has 0 radical (unpaired) electrons. The maximum Gasteiger partial charge on any atom is 0.425 e. The number of carbonyl (C=O) groups excluding carboxylic acids is 2. The van der Waals surface area contributed by atoms with Crippen molar-refractivity contribution in [3.63, 3.8) is 0 Å². The lowest BCUT2D eigenvalue weighted by Gasteiger charge is -2.27. The average molecular weight is 886 g/mol. The van der Waals surface area contributed by atoms with E-state index in [0.717, 1.165) is 34.3 Å². The first-order chi connectivity index (χ1) is 28.2. The zero-order chi connectivity index (χ0) is 43.7. The lowest BCUT2D eigenvalue weighted by Crippen LogP contribution is -2.44. The van der Waals surface area contributed by atoms with Gasteiger partial charge in [-0.3, -0.25) is 0 Å². The van der Waals surface area contributed by atoms with Crippen molar-refractivity contribution < 1.29 is 55.0 Å². The van der Waals surface area contributed by atoms with E-state index < -0.39 is 55.7 Å². The number of nitrogens with zero attached hydrogens (tertiary/aromatic N) is 5. The molecule has 60 heavy (non-hydrogen) atoms. The molecule has 6 rings (SSSR count). The van der Waals surface area contributed by atoms with Crippen LogP contribution in [0.4, 0.5) is 29.3 Å². The summed E-state index contributed by atoms with van der Waals surface area (Å²) in [6.45, 7) is 9.34. The maximum absolute atomic E-state index is 16.1. The summed E-state index contributed by atoms with van der Waals surface area (Å²) >= 11 is 7.13. The van der Waals surface area contributed by atoms with E-state index in [-0.39, 0.29) is 50.5 Å². The van der Waals surface area contributed by atoms with E-state index in [1.807, 2.05) is 0 Å². The summed E-state index contributed by atoms with van der Waals surface area (Å²) in [6, 6.07) is 15.4. The second kappa shape index (κ2) is 16.9. The first-order valence-corrected chi connectivity index (χ1v) is 20.4. The number of imide groups is 1. The molecule has 15 nitrogen and oxygen atoms in total. The molecule has 4 aromatic carbocycles. The molecule has 0 saturated heterocycles. The molecule has 0 aliphatic rings. The largest absolute Gasteiger partial charge is 0.497 e. The number of halogens is 3. The predicted octanol–water partition coefficient (Wildman–Crippen LogP) is 10.2. The zero-order valence-corrected chi connectivity index (χ0v) is 35.8. The van der Waals surface area contributed by atoms with Gasteiger partial charge in [-0.05, 0) is 102 Å². The third kappa shape index (κ3) is 9.37. The summed E-state index contributed by atoms with van der Waals surface area (Å²) in [4.78, 5) is 30.5. The third-order valence-electron chi connectivity index (χ3n) is 8.24. The Balaban J connectivity index is 1.37. The molecule has 0 atom stereocenters. The van der Waals surface area contributed by atoms with Crippen molar-refractivity contribution in [3.05, 3.63) is 95.3 Å². The molecule has 0 fully saturated rings. The first kappa shape index (κ1) is 43.5. The number of rotatable bonds is 11. The average Bonchev–Trinajstić information content (AvgIpc) is 3.85. The molecule has 0 unspecified atom stereocenters. The fourth-order valence-corrected chi connectivity index (χ4v) is 7.99. The van der Waals surface area contributed by atoms with Crippen LogP contribution >= 0.6 is 23.1 Å². The standard InChI is InChI=1S/C40H38ClF2N5O10S2/c1-39(2,3)56-37(49)48(38(50)57-40(4,5)6)35-27-17-22(10-13-29(27)58-46-35)26-18-24(41)11-14-28(26)55-30-15-16-32(34(43)33(30)42)60(51,52)47(36-44-21-45-59-36)20-23-9-12-25(53-7)19-31(23)54-8/h9-19,21H,20H2,1-8H3. The van der Waals surface area contributed by atoms with Crippen molar-refractivity contribution in [1.29, 1.82) is 0 Å². The Morgan fingerprint density at radius 3 is 2.13 bits per heavy atom. The quantitative estimate of drug-likeness (QED) is 0.120. The number of methoxy groups -OCH3 is 2. The molecule has 2 aromatic heterocycles. The van der Waals surface area contributed by atoms with Crippen molar-refractivity contribution >= 4 is 67.3 Å². The van der Waals surface area contributed by atoms with Crippen LogP contribution in [0.1, 0.15) is 47.1 Å². The van der Waals surface area contributed by atoms with Crippen LogP contribution in [0.15, 0.2) is 82.5 Å². The SMILES string of the molecule is COc1ccc(CN(c2ncns2)S(=O)(=O)c2ccc(Oc3ccc(Cl)cc3-c3ccc4onc(N(C(=O)OC(C)(C)C)C(=O)OC(C)(C)C)c4c3)c(F)c2F)c(OC)c1. The van der Waals surface area contributed by atoms with Gasteiger partial charge in [0.1, 0.15) is 39.7 Å². The highest BCUT2D eigenvalue weighted by Gasteiger charge is 2.37. The molecular formula is C40H38ClF2N5O10S2. The third-order valence-corrected chi connectivity index (χ3v) is 11.0. The van der Waals surface area contributed by atoms with Crippen LogP contribution < -0.4 is 23.4 Å². The minimum Gasteiger partial charge on any atom is -0.497 e. The number of amides is 2. The minimum absolute atomic E-state index is 0.0381. The van der Waals surface area contributed by atoms with E-state index in [4.69, 9.17) is 39.8 Å². The van der Waals surface area contributed by atoms with Gasteiger partial charge >= 0.3 is 12.2 Å². The summed E-state index contributed by atoms with van der Waals surface area (Å²) < 4.78 is 98.1. The van der Waals surface area contributed by atoms with Gasteiger partial charge in [0, 0.05) is 33.7 Å². The van der Waals surface area contributed by atoms with Crippen molar-refractivity contribution in [2.45, 2.75) is 64.2 Å². The highest BCUT2D eigenvalue weighted by atomic mass is 35.5. The number of hydrogen-bond donors (Lipinski definition) is 0. The van der Waals surface area contributed by atoms with Gasteiger partial charge in [-0.2, -0.15) is 13.7 Å². The van der Waals surface area contributed by atoms with E-state index >= 15 is 8.78 Å². The van der Waals surface area contributed by atoms with Crippen LogP contribution in [-0.2, 0) is 26.0 Å². The fraction of sp³-hybridized carbons (Fsp3) is 0.275. The van der Waals surface area contributed by atoms with Crippen LogP contribution in [-0.4, -0.2) is 60.5 Å². The molecule has 2 amide bonds. The Morgan fingerprint density at radius 2 is 1.52 bits per heavy atom. The van der Waals surface area contributed by atoms with Crippen LogP contribution in [0.5, 0.6) is 23.0 Å². The second-order valence-electron chi connectivity index (χ2n) is 14.9. The highest BCUT2D eigenvalue weighted by molar-refractivity contribution is 7.93. The number of aromatic nitrogens is 3. The van der Waals surface area contributed by atoms with Gasteiger partial charge in [-0.15, -0.1) is 0 Å². The van der Waals surface area contributed by atoms with Crippen LogP contribution in [0.3, 0.4) is 0 Å². The van der Waals surface area contributed by atoms with Crippen molar-refractivity contribution in [3.8, 4) is 34.1 Å². The van der Waals surface area contributed by atoms with Gasteiger partial charge in [0.15, 0.2) is 23.0 Å². The van der Waals surface area contributed by atoms with Gasteiger partial charge < -0.3 is 28.2 Å². The molecule has 0 spiro atoms. The summed E-state index contributed by atoms with van der Waals surface area (Å²) in [5.41, 5.74) is -0.893. The summed E-state index contributed by atoms with van der Waals surface area (Å²) in [5, 5.41) is 4.26. The van der Waals surface area contributed by atoms with Crippen molar-refractivity contribution in [1.82, 2.24) is 14.5 Å². The molecule has 0 aliphatic heterocycles. The monoisotopic (exact) mass is 885 g/mol. The molecule has 0 N–H and O–H groups in total. The molecule has 2 heterocycles. The maximum atomic E-state index is 16.1. The number of carbonyl (C=O) groups is 2. The van der Waals surface area contributed by atoms with Gasteiger partial charge in [-0.1, -0.05) is 22.8 Å². The predicted molar refractivity (Wildman–Crippen MR) is 219 cm³/mol. The molecule has 0 aliphatic carbocycles. The van der Waals surface area contributed by atoms with E-state index in [1.54, 1.807) is 65.8 Å². The van der Waals surface area contributed by atoms with E-state index in [2.05, 4.69) is 14.5 Å². The van der Waals surface area contributed by atoms with Crippen LogP contribution in [0.25, 0.3) is 22.1 Å². The Labute approximate surface area is 352 Å². The number of hydrogen-bond acceptors (Lipinski definition) is 14. The zero-order valence-electron chi connectivity index (χ0n) is 33.4. The van der Waals surface area contributed by atoms with Gasteiger partial charge in [0.2, 0.25) is 10.9 Å². The van der Waals surface area contributed by atoms with E-state index in [0.29, 0.717) is 21.8 Å². The lowest BCUT2D eigenvalue weighted by atomic mass is 10.0. The number of sulfonamides is 1. The van der Waals surface area contributed by atoms with Gasteiger partial charge in [-0.25, -0.2) is 31.7 Å². The molecule has 6 aromatic rings. The van der Waals surface area contributed by atoms with E-state index in [9.17, 15) is 18.0 Å². The fourth-order valence-electron chi connectivity index (χ4n) is 5.63. The van der Waals surface area contributed by atoms with Crippen LogP contribution in [0.2, 0.25) is 5.02 Å². The lowest BCUT2D eigenvalue weighted by molar-refractivity contribution is 0.0427. The Morgan fingerprint density at radius 1 is 0.833 bits per heavy atom. The van der Waals surface area contributed by atoms with Crippen LogP contribution in [0, 0.1) is 11.6 Å². The number of ether oxygens (including phenoxy) is 5. The highest BCUT2D eigenvalue weighted by Crippen LogP contribution is 2.41. The molecule has 20 heteroatoms. The number of benzene rings is 4. The normalized spacial score (nSPS) is 11.9. The molecule has 0 saturated carbocycles. The van der Waals surface area contributed by atoms with Gasteiger partial charge in [0.25, 0.3) is 10.0 Å². The number of anilines is 2. The molecule has 316 valence electrons. The summed E-state index contributed by atoms with van der Waals surface area (Å²) in [7, 11) is -2.00. The number of fused-ring (bicyclic) bond motifs is 1. The first-order valence-electron chi connectivity index (χ1n) is 17.8. The Kier molecular flexibility index (Phi) is 12.3. The Bertz CT molecular complexity index is 2660. The van der Waals surface area contributed by atoms with Crippen molar-refractivity contribution in [2.24, 2.45) is 0 Å². The minimum atomic E-state index is -4.84. The topological polar surface area (TPSA) is 173 Å². The summed E-state index contributed by atoms with van der Waals surface area (Å²) in [5.74, 6) is -3.57. The van der Waals surface area contributed by atoms with E-state index in [1.165, 1.54) is 44.6 Å². The molecule has 0 bridgehead atoms. The molecular weight excluding hydrogens is 848 g/mol.